The normalized spacial score (nSPS) is 20.6. The minimum absolute atomic E-state index is 0.0253. The van der Waals surface area contributed by atoms with E-state index in [2.05, 4.69) is 435 Å². The van der Waals surface area contributed by atoms with Crippen LogP contribution in [0.3, 0.4) is 0 Å². The van der Waals surface area contributed by atoms with Crippen LogP contribution in [-0.2, 0) is 67.2 Å². The maximum absolute atomic E-state index is 11.5. The van der Waals surface area contributed by atoms with Crippen molar-refractivity contribution in [2.75, 3.05) is 164 Å². The lowest BCUT2D eigenvalue weighted by atomic mass is 9.89. The van der Waals surface area contributed by atoms with Gasteiger partial charge in [-0.3, -0.25) is 53.6 Å². The lowest BCUT2D eigenvalue weighted by Crippen LogP contribution is -2.53. The number of ether oxygens (including phenoxy) is 1. The van der Waals surface area contributed by atoms with Crippen LogP contribution in [0.5, 0.6) is 0 Å². The monoisotopic (exact) mass is 2070 g/mol. The fraction of sp³-hybridized carbons (Fsp3) is 0.742. The average molecular weight is 2070 g/mol. The number of amides is 1. The number of benzene rings is 3. The fourth-order valence-corrected chi connectivity index (χ4v) is 19.4. The van der Waals surface area contributed by atoms with Crippen molar-refractivity contribution in [3.8, 4) is 0 Å². The van der Waals surface area contributed by atoms with Crippen molar-refractivity contribution in [1.29, 1.82) is 0 Å². The molecule has 8 saturated heterocycles. The van der Waals surface area contributed by atoms with Crippen molar-refractivity contribution < 1.29 is 19.1 Å². The van der Waals surface area contributed by atoms with Crippen LogP contribution in [0.4, 0.5) is 0 Å². The zero-order chi connectivity index (χ0) is 112. The first kappa shape index (κ1) is 132. The second-order valence-electron chi connectivity index (χ2n) is 53.4. The molecule has 25 nitrogen and oxygen atoms in total. The first-order chi connectivity index (χ1) is 69.3. The molecule has 1 amide bonds. The second-order valence-corrected chi connectivity index (χ2v) is 53.4. The van der Waals surface area contributed by atoms with Gasteiger partial charge in [0, 0.05) is 275 Å². The van der Waals surface area contributed by atoms with Gasteiger partial charge in [-0.15, -0.1) is 15.3 Å². The predicted octanol–water partition coefficient (Wildman–Crippen LogP) is 22.6. The quantitative estimate of drug-likeness (QED) is 0.119. The molecular weight excluding hydrogens is 1850 g/mol. The largest absolute Gasteiger partial charge is 0.373 e. The number of piperidine rings is 4. The molecule has 4 unspecified atom stereocenters. The standard InChI is InChI=1S/C16H33N3.C16H26N2.C15H24N2.C13H19N.C10H19NO.C9H19NO.2C9H17NO.C8H13N.C7H12N2.2C6H11N3/c1-16(2,3)19-14-12-18(13-15-19)11-7-10-17-8-5-4-6-9-17;1-16(2,3)18-13-11-17(12-14-18)10-9-15-7-5-4-6-8-15;1-15(2,3)17-11-9-16(10-12-17)13-14-7-5-4-6-8-14;1-13(2,3)14-9-8-11-6-4-5-7-12(11)10-14;1-7(2)11-5-8(3)10(12)9(4)6-11;1-7(2)10-5-8(3)11-9(4)6-10;1-9(2,3)10-6-4-8(11)5-7-10;1-9(2,3)10-7-5-4-6-8(10)11;1-8(2,3)9-6-4-5-7-9;1-7(2,3)9-5-4-8-6-9;1-6(2,3)9-4-7-8-5-9;1-6(2,3)9-5-4-7-8-9/h4-15H2,1-3H3;4-8H,9-14H2,1-3H3;4-8H,9-13H2,1-3H3;4-7H,8-10H2,1-3H3;7-9H,5-6H2,1-4H3;7-9H,5-6H2,1-4H3;2*4-7H2,1-3H3;4-7H,1-3H3;4-6H,1-3H3;2*4-5H,1-3H3. The van der Waals surface area contributed by atoms with Gasteiger partial charge in [0.05, 0.1) is 30.3 Å². The van der Waals surface area contributed by atoms with Crippen LogP contribution in [0.1, 0.15) is 343 Å². The van der Waals surface area contributed by atoms with Gasteiger partial charge in [-0.05, 0) is 355 Å². The Kier molecular flexibility index (Phi) is 56.0. The van der Waals surface area contributed by atoms with Gasteiger partial charge in [-0.2, -0.15) is 0 Å². The number of fused-ring (bicyclic) bond motifs is 1. The van der Waals surface area contributed by atoms with Gasteiger partial charge in [0.15, 0.2) is 0 Å². The highest BCUT2D eigenvalue weighted by Crippen LogP contribution is 2.29. The van der Waals surface area contributed by atoms with Crippen LogP contribution in [0.25, 0.3) is 0 Å². The molecule has 846 valence electrons. The van der Waals surface area contributed by atoms with Crippen LogP contribution >= 0.6 is 0 Å². The molecule has 16 rings (SSSR count). The van der Waals surface area contributed by atoms with E-state index in [1.807, 2.05) is 58.9 Å². The summed E-state index contributed by atoms with van der Waals surface area (Å²) < 4.78 is 13.7. The SMILES string of the molecule is CC(C)(C)N1CCC(=O)CC1.CC(C)(C)N1CCCCC1=O.CC(C)(C)N1CCN(CCCN2CCCCC2)CC1.CC(C)(C)N1CCN(CCc2ccccc2)CC1.CC(C)(C)N1CCN(Cc2ccccc2)CC1.CC(C)(C)N1CCc2ccccc2C1.CC(C)(C)n1cccc1.CC(C)(C)n1ccnc1.CC(C)(C)n1ccnn1.CC(C)(C)n1cnnc1.CC1CN(C(C)C)CC(C)C1=O.CC1CN(C(C)C)CC(C)O1. The number of carbonyl (C=O) groups is 3. The summed E-state index contributed by atoms with van der Waals surface area (Å²) in [7, 11) is 0. The number of nitrogens with zero attached hydrogens (tertiary/aromatic N) is 21. The molecule has 3 aromatic carbocycles. The molecule has 7 aromatic rings. The van der Waals surface area contributed by atoms with E-state index in [0.29, 0.717) is 63.9 Å². The molecule has 13 heterocycles. The molecule has 4 aromatic heterocycles. The van der Waals surface area contributed by atoms with E-state index in [1.165, 1.54) is 185 Å². The van der Waals surface area contributed by atoms with E-state index in [1.54, 1.807) is 25.0 Å². The molecule has 8 fully saturated rings. The van der Waals surface area contributed by atoms with Crippen molar-refractivity contribution in [3.05, 3.63) is 175 Å². The van der Waals surface area contributed by atoms with Gasteiger partial charge in [-0.25, -0.2) is 9.67 Å². The predicted molar refractivity (Wildman–Crippen MR) is 628 cm³/mol. The Balaban J connectivity index is 0.000000288. The van der Waals surface area contributed by atoms with Crippen molar-refractivity contribution in [2.45, 2.75) is 427 Å². The van der Waals surface area contributed by atoms with Gasteiger partial charge in [0.2, 0.25) is 5.91 Å². The van der Waals surface area contributed by atoms with Crippen molar-refractivity contribution >= 4 is 17.5 Å². The number of hydrogen-bond acceptors (Lipinski definition) is 20. The Morgan fingerprint density at radius 2 is 0.732 bits per heavy atom. The molecule has 0 spiro atoms. The van der Waals surface area contributed by atoms with Crippen LogP contribution in [0.2, 0.25) is 0 Å². The van der Waals surface area contributed by atoms with Crippen molar-refractivity contribution in [3.63, 3.8) is 0 Å². The zero-order valence-corrected chi connectivity index (χ0v) is 102. The number of carbonyl (C=O) groups excluding carboxylic acids is 3. The number of imidazole rings is 1. The van der Waals surface area contributed by atoms with Crippen LogP contribution < -0.4 is 0 Å². The van der Waals surface area contributed by atoms with Gasteiger partial charge in [0.25, 0.3) is 0 Å². The first-order valence-electron chi connectivity index (χ1n) is 57.4. The smallest absolute Gasteiger partial charge is 0.222 e. The lowest BCUT2D eigenvalue weighted by molar-refractivity contribution is -0.138. The number of rotatable bonds is 11. The third kappa shape index (κ3) is 52.7. The highest BCUT2D eigenvalue weighted by molar-refractivity contribution is 5.84. The summed E-state index contributed by atoms with van der Waals surface area (Å²) in [5.74, 6) is 1.65. The summed E-state index contributed by atoms with van der Waals surface area (Å²) in [6.45, 7) is 115. The molecule has 0 saturated carbocycles. The number of Topliss-reactive ketones (excluding diaryl/α,β-unsaturated/α-hetero) is 2. The minimum atomic E-state index is 0.0253. The number of likely N-dealkylation sites (tertiary alicyclic amines) is 4. The maximum atomic E-state index is 11.5. The molecule has 0 radical (unpaired) electrons. The summed E-state index contributed by atoms with van der Waals surface area (Å²) in [4.78, 5) is 67.7. The van der Waals surface area contributed by atoms with E-state index in [-0.39, 0.29) is 45.1 Å². The average Bonchev–Trinajstić information content (AvgIpc) is 1.81. The highest BCUT2D eigenvalue weighted by atomic mass is 16.5. The van der Waals surface area contributed by atoms with Crippen LogP contribution in [0, 0.1) is 11.8 Å². The Morgan fingerprint density at radius 1 is 0.329 bits per heavy atom. The van der Waals surface area contributed by atoms with E-state index >= 15 is 0 Å². The molecule has 0 N–H and O–H groups in total. The Labute approximate surface area is 911 Å². The van der Waals surface area contributed by atoms with E-state index in [9.17, 15) is 14.4 Å². The fourth-order valence-electron chi connectivity index (χ4n) is 19.4. The number of piperazine rings is 3. The summed E-state index contributed by atoms with van der Waals surface area (Å²) >= 11 is 0. The van der Waals surface area contributed by atoms with E-state index < -0.39 is 0 Å². The van der Waals surface area contributed by atoms with Crippen LogP contribution in [0.15, 0.2) is 153 Å². The topological polar surface area (TPSA) is 183 Å². The van der Waals surface area contributed by atoms with Gasteiger partial charge in [-0.1, -0.05) is 110 Å². The first-order valence-corrected chi connectivity index (χ1v) is 57.4. The van der Waals surface area contributed by atoms with E-state index in [4.69, 9.17) is 4.74 Å². The minimum Gasteiger partial charge on any atom is -0.373 e. The van der Waals surface area contributed by atoms with Crippen molar-refractivity contribution in [1.82, 2.24) is 103 Å². The number of hydrogen-bond donors (Lipinski definition) is 0. The Morgan fingerprint density at radius 3 is 1.10 bits per heavy atom. The second kappa shape index (κ2) is 63.1. The Bertz CT molecular complexity index is 4420. The highest BCUT2D eigenvalue weighted by Gasteiger charge is 2.35. The zero-order valence-electron chi connectivity index (χ0n) is 102. The van der Waals surface area contributed by atoms with E-state index in [0.717, 1.165) is 84.6 Å². The summed E-state index contributed by atoms with van der Waals surface area (Å²) in [6, 6.07) is 35.7. The molecule has 25 heteroatoms. The molecular formula is C124H221N21O4. The number of ketones is 2. The molecule has 149 heavy (non-hydrogen) atoms. The molecule has 9 aliphatic rings. The van der Waals surface area contributed by atoms with Crippen molar-refractivity contribution in [2.24, 2.45) is 11.8 Å². The Hall–Kier alpha value is -7.24. The lowest BCUT2D eigenvalue weighted by Gasteiger charge is -2.42. The van der Waals surface area contributed by atoms with Gasteiger partial charge < -0.3 is 38.0 Å². The molecule has 9 aliphatic heterocycles. The van der Waals surface area contributed by atoms with Gasteiger partial charge in [0.1, 0.15) is 24.2 Å². The third-order valence-corrected chi connectivity index (χ3v) is 29.5. The molecule has 4 atom stereocenters. The van der Waals surface area contributed by atoms with Crippen LogP contribution in [-0.4, -0.2) is 341 Å². The summed E-state index contributed by atoms with van der Waals surface area (Å²) in [5.41, 5.74) is 8.07. The van der Waals surface area contributed by atoms with Gasteiger partial charge >= 0.3 is 0 Å². The molecule has 0 aliphatic carbocycles. The third-order valence-electron chi connectivity index (χ3n) is 29.5. The maximum Gasteiger partial charge on any atom is 0.222 e. The molecule has 0 bridgehead atoms. The summed E-state index contributed by atoms with van der Waals surface area (Å²) in [6.07, 6.45) is 30.1. The number of morpholine rings is 1. The number of aromatic nitrogens is 9. The summed E-state index contributed by atoms with van der Waals surface area (Å²) in [5, 5.41) is 15.0.